The van der Waals surface area contributed by atoms with E-state index in [4.69, 9.17) is 8.83 Å². The largest absolute Gasteiger partial charge is 0.443 e. The summed E-state index contributed by atoms with van der Waals surface area (Å²) in [4.78, 5) is 17.0. The molecule has 0 unspecified atom stereocenters. The summed E-state index contributed by atoms with van der Waals surface area (Å²) in [5, 5.41) is 0. The van der Waals surface area contributed by atoms with Crippen LogP contribution in [0, 0.1) is 0 Å². The second-order valence-corrected chi connectivity index (χ2v) is 9.80. The van der Waals surface area contributed by atoms with Crippen LogP contribution in [-0.2, 0) is 5.41 Å². The van der Waals surface area contributed by atoms with Gasteiger partial charge in [0, 0.05) is 52.5 Å². The van der Waals surface area contributed by atoms with E-state index in [0.717, 1.165) is 33.4 Å². The van der Waals surface area contributed by atoms with Crippen LogP contribution in [0.1, 0.15) is 25.0 Å². The molecule has 0 bridgehead atoms. The maximum Gasteiger partial charge on any atom is 0.181 e. The van der Waals surface area contributed by atoms with Crippen LogP contribution in [0.25, 0.3) is 56.0 Å². The van der Waals surface area contributed by atoms with Gasteiger partial charge in [0.1, 0.15) is 0 Å². The average molecular weight is 483 g/mol. The lowest BCUT2D eigenvalue weighted by molar-refractivity contribution is 0.571. The monoisotopic (exact) mass is 482 g/mol. The van der Waals surface area contributed by atoms with Gasteiger partial charge in [0.05, 0.1) is 12.4 Å². The van der Waals surface area contributed by atoms with Gasteiger partial charge in [-0.3, -0.25) is 9.97 Å². The summed E-state index contributed by atoms with van der Waals surface area (Å²) in [5.41, 5.74) is 11.1. The molecule has 0 spiro atoms. The molecule has 7 rings (SSSR count). The van der Waals surface area contributed by atoms with Crippen LogP contribution in [0.15, 0.2) is 107 Å². The Morgan fingerprint density at radius 1 is 0.486 bits per heavy atom. The average Bonchev–Trinajstić information content (AvgIpc) is 3.71. The van der Waals surface area contributed by atoms with Gasteiger partial charge in [-0.15, -0.1) is 0 Å². The number of rotatable bonds is 4. The molecule has 1 aliphatic rings. The first-order valence-electron chi connectivity index (χ1n) is 12.1. The Labute approximate surface area is 213 Å². The van der Waals surface area contributed by atoms with Gasteiger partial charge >= 0.3 is 0 Å². The minimum Gasteiger partial charge on any atom is -0.443 e. The fourth-order valence-electron chi connectivity index (χ4n) is 5.28. The third-order valence-corrected chi connectivity index (χ3v) is 7.25. The topological polar surface area (TPSA) is 77.8 Å². The van der Waals surface area contributed by atoms with Crippen molar-refractivity contribution in [2.45, 2.75) is 19.3 Å². The van der Waals surface area contributed by atoms with Gasteiger partial charge in [-0.25, -0.2) is 9.97 Å². The lowest BCUT2D eigenvalue weighted by atomic mass is 9.81. The van der Waals surface area contributed by atoms with E-state index >= 15 is 0 Å². The highest BCUT2D eigenvalue weighted by Crippen LogP contribution is 2.50. The standard InChI is InChI=1S/C31H22N4O2/c1-31(2)27-9-19(21-7-23(13-32-11-21)29-15-34-17-36-29)3-5-25(27)26-6-4-20(10-28(26)31)22-8-24(14-33-12-22)30-16-35-18-37-30/h3-18H,1-2H3. The fourth-order valence-corrected chi connectivity index (χ4v) is 5.28. The van der Waals surface area contributed by atoms with E-state index in [0.29, 0.717) is 11.5 Å². The van der Waals surface area contributed by atoms with Gasteiger partial charge in [-0.2, -0.15) is 0 Å². The molecule has 0 radical (unpaired) electrons. The number of hydrogen-bond acceptors (Lipinski definition) is 6. The van der Waals surface area contributed by atoms with Crippen molar-refractivity contribution in [3.05, 3.63) is 110 Å². The number of aromatic nitrogens is 4. The molecule has 6 aromatic rings. The Morgan fingerprint density at radius 3 is 1.38 bits per heavy atom. The van der Waals surface area contributed by atoms with Crippen LogP contribution in [0.5, 0.6) is 0 Å². The number of nitrogens with zero attached hydrogens (tertiary/aromatic N) is 4. The third kappa shape index (κ3) is 3.49. The quantitative estimate of drug-likeness (QED) is 0.260. The number of hydrogen-bond donors (Lipinski definition) is 0. The number of pyridine rings is 2. The third-order valence-electron chi connectivity index (χ3n) is 7.25. The summed E-state index contributed by atoms with van der Waals surface area (Å²) < 4.78 is 10.9. The minimum atomic E-state index is -0.164. The molecule has 6 nitrogen and oxygen atoms in total. The molecule has 2 aromatic carbocycles. The highest BCUT2D eigenvalue weighted by Gasteiger charge is 2.36. The molecular formula is C31H22N4O2. The van der Waals surface area contributed by atoms with E-state index in [1.807, 2.05) is 12.4 Å². The highest BCUT2D eigenvalue weighted by molar-refractivity contribution is 5.86. The van der Waals surface area contributed by atoms with Crippen molar-refractivity contribution in [2.24, 2.45) is 0 Å². The zero-order valence-corrected chi connectivity index (χ0v) is 20.3. The SMILES string of the molecule is CC1(C)c2cc(-c3cncc(-c4cnco4)c3)ccc2-c2ccc(-c3cncc(-c4cnco4)c3)cc21. The van der Waals surface area contributed by atoms with E-state index in [1.54, 1.807) is 24.8 Å². The molecule has 0 saturated carbocycles. The Morgan fingerprint density at radius 2 is 0.946 bits per heavy atom. The van der Waals surface area contributed by atoms with Crippen LogP contribution in [0.4, 0.5) is 0 Å². The van der Waals surface area contributed by atoms with Crippen molar-refractivity contribution in [3.63, 3.8) is 0 Å². The van der Waals surface area contributed by atoms with Crippen molar-refractivity contribution in [3.8, 4) is 56.0 Å². The van der Waals surface area contributed by atoms with E-state index < -0.39 is 0 Å². The summed E-state index contributed by atoms with van der Waals surface area (Å²) >= 11 is 0. The first-order valence-corrected chi connectivity index (χ1v) is 12.1. The van der Waals surface area contributed by atoms with Gasteiger partial charge in [-0.05, 0) is 57.6 Å². The van der Waals surface area contributed by atoms with Crippen LogP contribution < -0.4 is 0 Å². The molecule has 37 heavy (non-hydrogen) atoms. The normalized spacial score (nSPS) is 13.4. The van der Waals surface area contributed by atoms with Crippen LogP contribution >= 0.6 is 0 Å². The molecule has 4 aromatic heterocycles. The maximum absolute atomic E-state index is 5.47. The van der Waals surface area contributed by atoms with Gasteiger partial charge in [-0.1, -0.05) is 38.1 Å². The molecule has 0 N–H and O–H groups in total. The number of benzene rings is 2. The maximum atomic E-state index is 5.47. The van der Waals surface area contributed by atoms with Gasteiger partial charge < -0.3 is 8.83 Å². The van der Waals surface area contributed by atoms with Gasteiger partial charge in [0.25, 0.3) is 0 Å². The van der Waals surface area contributed by atoms with Crippen LogP contribution in [0.3, 0.4) is 0 Å². The molecule has 4 heterocycles. The molecule has 0 saturated heterocycles. The molecule has 0 aliphatic heterocycles. The molecule has 6 heteroatoms. The smallest absolute Gasteiger partial charge is 0.181 e. The summed E-state index contributed by atoms with van der Waals surface area (Å²) in [6, 6.07) is 17.6. The molecule has 1 aliphatic carbocycles. The fraction of sp³-hybridized carbons (Fsp3) is 0.0968. The first kappa shape index (κ1) is 21.4. The van der Waals surface area contributed by atoms with Gasteiger partial charge in [0.15, 0.2) is 24.3 Å². The number of oxazole rings is 2. The van der Waals surface area contributed by atoms with Crippen molar-refractivity contribution < 1.29 is 8.83 Å². The van der Waals surface area contributed by atoms with E-state index in [2.05, 4.69) is 82.3 Å². The molecular weight excluding hydrogens is 460 g/mol. The van der Waals surface area contributed by atoms with E-state index in [-0.39, 0.29) is 5.41 Å². The predicted octanol–water partition coefficient (Wildman–Crippen LogP) is 7.43. The summed E-state index contributed by atoms with van der Waals surface area (Å²) in [7, 11) is 0. The van der Waals surface area contributed by atoms with Crippen molar-refractivity contribution in [1.29, 1.82) is 0 Å². The first-order chi connectivity index (χ1) is 18.1. The van der Waals surface area contributed by atoms with E-state index in [9.17, 15) is 0 Å². The Balaban J connectivity index is 1.28. The second-order valence-electron chi connectivity index (χ2n) is 9.80. The summed E-state index contributed by atoms with van der Waals surface area (Å²) in [6.07, 6.45) is 13.7. The lowest BCUT2D eigenvalue weighted by Gasteiger charge is -2.22. The number of fused-ring (bicyclic) bond motifs is 3. The van der Waals surface area contributed by atoms with Crippen molar-refractivity contribution >= 4 is 0 Å². The molecule has 0 fully saturated rings. The van der Waals surface area contributed by atoms with Crippen molar-refractivity contribution in [2.75, 3.05) is 0 Å². The van der Waals surface area contributed by atoms with E-state index in [1.165, 1.54) is 35.0 Å². The Hall–Kier alpha value is -4.84. The van der Waals surface area contributed by atoms with Crippen LogP contribution in [-0.4, -0.2) is 19.9 Å². The van der Waals surface area contributed by atoms with Crippen LogP contribution in [0.2, 0.25) is 0 Å². The lowest BCUT2D eigenvalue weighted by Crippen LogP contribution is -2.15. The highest BCUT2D eigenvalue weighted by atomic mass is 16.3. The Bertz CT molecular complexity index is 1620. The molecule has 0 amide bonds. The zero-order chi connectivity index (χ0) is 25.0. The Kier molecular flexibility index (Phi) is 4.69. The van der Waals surface area contributed by atoms with Crippen molar-refractivity contribution in [1.82, 2.24) is 19.9 Å². The predicted molar refractivity (Wildman–Crippen MR) is 141 cm³/mol. The zero-order valence-electron chi connectivity index (χ0n) is 20.3. The summed E-state index contributed by atoms with van der Waals surface area (Å²) in [5.74, 6) is 1.41. The molecule has 178 valence electrons. The second kappa shape index (κ2) is 8.10. The van der Waals surface area contributed by atoms with Gasteiger partial charge in [0.2, 0.25) is 0 Å². The summed E-state index contributed by atoms with van der Waals surface area (Å²) in [6.45, 7) is 4.58. The minimum absolute atomic E-state index is 0.164. The molecule has 0 atom stereocenters.